The number of nitrogens with zero attached hydrogens (tertiary/aromatic N) is 1. The molecule has 1 unspecified atom stereocenters. The monoisotopic (exact) mass is 419 g/mol. The Morgan fingerprint density at radius 2 is 2.13 bits per heavy atom. The third-order valence-corrected chi connectivity index (χ3v) is 6.17. The van der Waals surface area contributed by atoms with Crippen LogP contribution in [0.2, 0.25) is 0 Å². The molecule has 31 heavy (non-hydrogen) atoms. The number of hydrogen-bond acceptors (Lipinski definition) is 4. The number of fused-ring (bicyclic) bond motifs is 2. The molecule has 2 aromatic carbocycles. The van der Waals surface area contributed by atoms with Crippen molar-refractivity contribution in [3.63, 3.8) is 0 Å². The topological polar surface area (TPSA) is 88.6 Å². The normalized spacial score (nSPS) is 15.8. The van der Waals surface area contributed by atoms with Crippen molar-refractivity contribution >= 4 is 22.9 Å². The molecule has 0 saturated heterocycles. The standard InChI is InChI=1S/C25H29N3O3/c1-17-2-7-23-22(14-17)20(16-26-23)10-11-28(12-13-29)24-8-5-19-15-18(3-6-21(19)24)4-9-25(30)27-31/h2-4,6-7,9,14-16,24,26,29,31H,5,8,10-13H2,1H3,(H,27,30)/b9-4+. The molecule has 1 atom stereocenters. The minimum Gasteiger partial charge on any atom is -0.395 e. The average molecular weight is 420 g/mol. The van der Waals surface area contributed by atoms with Gasteiger partial charge < -0.3 is 10.1 Å². The third kappa shape index (κ3) is 4.71. The maximum atomic E-state index is 11.2. The van der Waals surface area contributed by atoms with Crippen LogP contribution < -0.4 is 5.48 Å². The second kappa shape index (κ2) is 9.47. The van der Waals surface area contributed by atoms with E-state index in [0.29, 0.717) is 6.54 Å². The van der Waals surface area contributed by atoms with Gasteiger partial charge in [0.25, 0.3) is 5.91 Å². The predicted molar refractivity (Wildman–Crippen MR) is 122 cm³/mol. The zero-order valence-electron chi connectivity index (χ0n) is 17.8. The average Bonchev–Trinajstić information content (AvgIpc) is 3.38. The molecule has 0 radical (unpaired) electrons. The second-order valence-electron chi connectivity index (χ2n) is 8.19. The van der Waals surface area contributed by atoms with Crippen LogP contribution in [0.5, 0.6) is 0 Å². The first-order valence-electron chi connectivity index (χ1n) is 10.8. The molecule has 3 aromatic rings. The summed E-state index contributed by atoms with van der Waals surface area (Å²) in [7, 11) is 0. The number of aliphatic hydroxyl groups excluding tert-OH is 1. The van der Waals surface area contributed by atoms with Gasteiger partial charge in [0.1, 0.15) is 0 Å². The summed E-state index contributed by atoms with van der Waals surface area (Å²) in [6, 6.07) is 13.0. The molecule has 1 aromatic heterocycles. The molecule has 4 rings (SSSR count). The Hall–Kier alpha value is -2.93. The first-order chi connectivity index (χ1) is 15.1. The van der Waals surface area contributed by atoms with E-state index in [4.69, 9.17) is 5.21 Å². The van der Waals surface area contributed by atoms with Crippen molar-refractivity contribution in [3.05, 3.63) is 76.5 Å². The van der Waals surface area contributed by atoms with Crippen LogP contribution in [-0.4, -0.2) is 45.8 Å². The number of rotatable bonds is 8. The SMILES string of the molecule is Cc1ccc2[nH]cc(CCN(CCO)C3CCc4cc(/C=C/C(=O)NO)ccc43)c2c1. The molecule has 0 fully saturated rings. The van der Waals surface area contributed by atoms with Crippen molar-refractivity contribution in [3.8, 4) is 0 Å². The van der Waals surface area contributed by atoms with Crippen LogP contribution in [0.15, 0.2) is 48.7 Å². The number of aromatic nitrogens is 1. The minimum atomic E-state index is -0.542. The Labute approximate surface area is 182 Å². The van der Waals surface area contributed by atoms with Gasteiger partial charge in [-0.3, -0.25) is 14.9 Å². The molecule has 0 bridgehead atoms. The number of aromatic amines is 1. The molecule has 6 nitrogen and oxygen atoms in total. The van der Waals surface area contributed by atoms with E-state index in [1.54, 1.807) is 11.6 Å². The number of H-pyrrole nitrogens is 1. The van der Waals surface area contributed by atoms with E-state index in [1.807, 2.05) is 6.07 Å². The van der Waals surface area contributed by atoms with E-state index in [2.05, 4.69) is 53.3 Å². The molecule has 1 heterocycles. The smallest absolute Gasteiger partial charge is 0.267 e. The van der Waals surface area contributed by atoms with Crippen molar-refractivity contribution in [1.29, 1.82) is 0 Å². The fourth-order valence-corrected chi connectivity index (χ4v) is 4.62. The lowest BCUT2D eigenvalue weighted by Gasteiger charge is -2.29. The lowest BCUT2D eigenvalue weighted by molar-refractivity contribution is -0.124. The highest BCUT2D eigenvalue weighted by atomic mass is 16.5. The molecule has 0 aliphatic heterocycles. The Morgan fingerprint density at radius 1 is 1.26 bits per heavy atom. The molecule has 6 heteroatoms. The minimum absolute atomic E-state index is 0.135. The molecule has 0 saturated carbocycles. The largest absolute Gasteiger partial charge is 0.395 e. The summed E-state index contributed by atoms with van der Waals surface area (Å²) >= 11 is 0. The highest BCUT2D eigenvalue weighted by molar-refractivity contribution is 5.90. The first-order valence-corrected chi connectivity index (χ1v) is 10.8. The summed E-state index contributed by atoms with van der Waals surface area (Å²) in [6.45, 7) is 3.77. The molecular weight excluding hydrogens is 390 g/mol. The van der Waals surface area contributed by atoms with Gasteiger partial charge in [0, 0.05) is 42.3 Å². The van der Waals surface area contributed by atoms with Crippen molar-refractivity contribution < 1.29 is 15.1 Å². The van der Waals surface area contributed by atoms with E-state index < -0.39 is 5.91 Å². The van der Waals surface area contributed by atoms with E-state index in [9.17, 15) is 9.90 Å². The lowest BCUT2D eigenvalue weighted by Crippen LogP contribution is -2.32. The fourth-order valence-electron chi connectivity index (χ4n) is 4.62. The second-order valence-corrected chi connectivity index (χ2v) is 8.19. The van der Waals surface area contributed by atoms with E-state index >= 15 is 0 Å². The number of carbonyl (C=O) groups excluding carboxylic acids is 1. The molecule has 1 aliphatic carbocycles. The summed E-state index contributed by atoms with van der Waals surface area (Å²) in [6.07, 6.45) is 8.03. The zero-order chi connectivity index (χ0) is 21.8. The lowest BCUT2D eigenvalue weighted by atomic mass is 10.0. The number of aliphatic hydroxyl groups is 1. The van der Waals surface area contributed by atoms with Gasteiger partial charge in [-0.1, -0.05) is 29.8 Å². The molecule has 162 valence electrons. The summed E-state index contributed by atoms with van der Waals surface area (Å²) < 4.78 is 0. The van der Waals surface area contributed by atoms with Crippen molar-refractivity contribution in [2.24, 2.45) is 0 Å². The highest BCUT2D eigenvalue weighted by Crippen LogP contribution is 2.36. The number of carbonyl (C=O) groups is 1. The maximum absolute atomic E-state index is 11.2. The molecular formula is C25H29N3O3. The number of hydroxylamine groups is 1. The van der Waals surface area contributed by atoms with Crippen LogP contribution in [0.4, 0.5) is 0 Å². The van der Waals surface area contributed by atoms with Crippen molar-refractivity contribution in [1.82, 2.24) is 15.4 Å². The van der Waals surface area contributed by atoms with Crippen LogP contribution in [0, 0.1) is 6.92 Å². The van der Waals surface area contributed by atoms with Crippen LogP contribution in [-0.2, 0) is 17.6 Å². The third-order valence-electron chi connectivity index (χ3n) is 6.17. The Bertz CT molecular complexity index is 1100. The predicted octanol–water partition coefficient (Wildman–Crippen LogP) is 3.52. The number of nitrogens with one attached hydrogen (secondary N) is 2. The molecule has 4 N–H and O–H groups in total. The number of amides is 1. The van der Waals surface area contributed by atoms with E-state index in [-0.39, 0.29) is 12.6 Å². The number of benzene rings is 2. The van der Waals surface area contributed by atoms with Gasteiger partial charge in [-0.15, -0.1) is 0 Å². The quantitative estimate of drug-likeness (QED) is 0.256. The van der Waals surface area contributed by atoms with Crippen molar-refractivity contribution in [2.45, 2.75) is 32.2 Å². The molecule has 1 amide bonds. The summed E-state index contributed by atoms with van der Waals surface area (Å²) in [5, 5.41) is 19.6. The van der Waals surface area contributed by atoms with E-state index in [1.165, 1.54) is 33.7 Å². The van der Waals surface area contributed by atoms with Gasteiger partial charge in [-0.25, -0.2) is 5.48 Å². The fraction of sp³-hybridized carbons (Fsp3) is 0.320. The summed E-state index contributed by atoms with van der Waals surface area (Å²) in [4.78, 5) is 17.0. The molecule has 1 aliphatic rings. The van der Waals surface area contributed by atoms with E-state index in [0.717, 1.165) is 36.9 Å². The van der Waals surface area contributed by atoms with Crippen LogP contribution in [0.3, 0.4) is 0 Å². The van der Waals surface area contributed by atoms with Gasteiger partial charge in [0.2, 0.25) is 0 Å². The number of aryl methyl sites for hydroxylation is 2. The number of hydrogen-bond donors (Lipinski definition) is 4. The summed E-state index contributed by atoms with van der Waals surface area (Å²) in [5.74, 6) is -0.542. The van der Waals surface area contributed by atoms with Gasteiger partial charge in [-0.05, 0) is 66.6 Å². The Morgan fingerprint density at radius 3 is 2.94 bits per heavy atom. The van der Waals surface area contributed by atoms with Crippen LogP contribution >= 0.6 is 0 Å². The van der Waals surface area contributed by atoms with Crippen LogP contribution in [0.25, 0.3) is 17.0 Å². The molecule has 0 spiro atoms. The summed E-state index contributed by atoms with van der Waals surface area (Å²) in [5.41, 5.74) is 8.85. The first kappa shape index (κ1) is 21.3. The van der Waals surface area contributed by atoms with Crippen LogP contribution in [0.1, 0.15) is 40.3 Å². The highest BCUT2D eigenvalue weighted by Gasteiger charge is 2.27. The Balaban J connectivity index is 1.50. The van der Waals surface area contributed by atoms with Crippen molar-refractivity contribution in [2.75, 3.05) is 19.7 Å². The van der Waals surface area contributed by atoms with Gasteiger partial charge in [-0.2, -0.15) is 0 Å². The van der Waals surface area contributed by atoms with Gasteiger partial charge >= 0.3 is 0 Å². The maximum Gasteiger partial charge on any atom is 0.267 e. The van der Waals surface area contributed by atoms with Gasteiger partial charge in [0.15, 0.2) is 0 Å². The zero-order valence-corrected chi connectivity index (χ0v) is 17.8. The van der Waals surface area contributed by atoms with Gasteiger partial charge in [0.05, 0.1) is 6.61 Å². The Kier molecular flexibility index (Phi) is 6.51.